The highest BCUT2D eigenvalue weighted by molar-refractivity contribution is 6.31. The van der Waals surface area contributed by atoms with Crippen LogP contribution in [0.25, 0.3) is 34.0 Å². The van der Waals surface area contributed by atoms with E-state index in [-0.39, 0.29) is 12.0 Å². The Morgan fingerprint density at radius 2 is 2.00 bits per heavy atom. The lowest BCUT2D eigenvalue weighted by Gasteiger charge is -2.47. The third kappa shape index (κ3) is 3.52. The Hall–Kier alpha value is -3.46. The highest BCUT2D eigenvalue weighted by Gasteiger charge is 2.47. The fourth-order valence-corrected chi connectivity index (χ4v) is 5.57. The molecule has 0 aliphatic heterocycles. The number of carboxylic acids is 1. The molecule has 3 aliphatic carbocycles. The van der Waals surface area contributed by atoms with Crippen molar-refractivity contribution < 1.29 is 14.3 Å². The second kappa shape index (κ2) is 7.84. The summed E-state index contributed by atoms with van der Waals surface area (Å²) < 4.78 is 5.58. The molecule has 0 radical (unpaired) electrons. The molecule has 0 aromatic carbocycles. The lowest BCUT2D eigenvalue weighted by atomic mass is 9.61. The van der Waals surface area contributed by atoms with Gasteiger partial charge in [-0.3, -0.25) is 9.89 Å². The van der Waals surface area contributed by atoms with Crippen LogP contribution in [0.1, 0.15) is 25.7 Å². The summed E-state index contributed by atoms with van der Waals surface area (Å²) in [7, 11) is 0. The summed E-state index contributed by atoms with van der Waals surface area (Å²) in [4.78, 5) is 25.8. The first kappa shape index (κ1) is 20.2. The maximum Gasteiger partial charge on any atom is 0.308 e. The highest BCUT2D eigenvalue weighted by Crippen LogP contribution is 2.46. The standard InChI is InChI=1S/C23H21ClN6O3/c24-13-8-14-20(29-30-21(14)25-10-13)22-26-15(16-2-1-7-33-16)9-17(28-22)27-19-12-5-3-11(4-6-12)18(19)23(31)32/h1-2,7-12,18-19H,3-6H2,(H,31,32)(H,25,29,30)(H,26,27,28). The van der Waals surface area contributed by atoms with Crippen LogP contribution >= 0.6 is 11.6 Å². The van der Waals surface area contributed by atoms with E-state index in [1.807, 2.05) is 6.07 Å². The zero-order valence-corrected chi connectivity index (χ0v) is 18.3. The molecule has 3 fully saturated rings. The van der Waals surface area contributed by atoms with Crippen molar-refractivity contribution in [3.05, 3.63) is 41.7 Å². The van der Waals surface area contributed by atoms with Gasteiger partial charge >= 0.3 is 5.97 Å². The van der Waals surface area contributed by atoms with E-state index in [2.05, 4.69) is 20.5 Å². The van der Waals surface area contributed by atoms with E-state index in [4.69, 9.17) is 26.0 Å². The molecule has 9 nitrogen and oxygen atoms in total. The second-order valence-corrected chi connectivity index (χ2v) is 9.21. The molecular weight excluding hydrogens is 444 g/mol. The van der Waals surface area contributed by atoms with Crippen molar-refractivity contribution in [1.82, 2.24) is 25.1 Å². The minimum Gasteiger partial charge on any atom is -0.481 e. The van der Waals surface area contributed by atoms with Gasteiger partial charge in [0.25, 0.3) is 0 Å². The molecule has 0 amide bonds. The van der Waals surface area contributed by atoms with Gasteiger partial charge in [0.15, 0.2) is 17.2 Å². The van der Waals surface area contributed by atoms with Crippen molar-refractivity contribution in [2.24, 2.45) is 17.8 Å². The SMILES string of the molecule is O=C(O)C1C2CCC(CC2)C1Nc1cc(-c2ccco2)nc(-c2[nH]nc3ncc(Cl)cc23)n1. The molecule has 33 heavy (non-hydrogen) atoms. The number of pyridine rings is 1. The van der Waals surface area contributed by atoms with Gasteiger partial charge in [-0.15, -0.1) is 0 Å². The van der Waals surface area contributed by atoms with Crippen LogP contribution in [0.2, 0.25) is 5.02 Å². The maximum atomic E-state index is 12.1. The first-order chi connectivity index (χ1) is 16.1. The van der Waals surface area contributed by atoms with Gasteiger partial charge in [0.1, 0.15) is 17.2 Å². The van der Waals surface area contributed by atoms with Gasteiger partial charge in [0.05, 0.1) is 22.6 Å². The Morgan fingerprint density at radius 3 is 2.76 bits per heavy atom. The van der Waals surface area contributed by atoms with Crippen molar-refractivity contribution in [3.63, 3.8) is 0 Å². The van der Waals surface area contributed by atoms with Gasteiger partial charge in [0.2, 0.25) is 0 Å². The summed E-state index contributed by atoms with van der Waals surface area (Å²) in [6.07, 6.45) is 7.13. The van der Waals surface area contributed by atoms with Crippen LogP contribution in [-0.4, -0.2) is 42.3 Å². The van der Waals surface area contributed by atoms with Gasteiger partial charge in [-0.2, -0.15) is 5.10 Å². The summed E-state index contributed by atoms with van der Waals surface area (Å²) in [5.41, 5.74) is 1.67. The molecule has 3 N–H and O–H groups in total. The predicted octanol–water partition coefficient (Wildman–Crippen LogP) is 4.63. The van der Waals surface area contributed by atoms with Crippen LogP contribution in [0.4, 0.5) is 5.82 Å². The number of halogens is 1. The molecule has 2 unspecified atom stereocenters. The Morgan fingerprint density at radius 1 is 1.18 bits per heavy atom. The highest BCUT2D eigenvalue weighted by atomic mass is 35.5. The number of aromatic nitrogens is 5. The Balaban J connectivity index is 1.45. The number of anilines is 1. The molecule has 4 heterocycles. The monoisotopic (exact) mass is 464 g/mol. The number of hydrogen-bond acceptors (Lipinski definition) is 7. The van der Waals surface area contributed by atoms with Crippen molar-refractivity contribution in [1.29, 1.82) is 0 Å². The Kier molecular flexibility index (Phi) is 4.79. The van der Waals surface area contributed by atoms with E-state index >= 15 is 0 Å². The maximum absolute atomic E-state index is 12.1. The normalized spacial score (nSPS) is 24.3. The number of nitrogens with zero attached hydrogens (tertiary/aromatic N) is 4. The molecule has 2 atom stereocenters. The van der Waals surface area contributed by atoms with Gasteiger partial charge in [0, 0.05) is 18.3 Å². The van der Waals surface area contributed by atoms with Crippen LogP contribution in [0.5, 0.6) is 0 Å². The zero-order chi connectivity index (χ0) is 22.5. The van der Waals surface area contributed by atoms with Crippen molar-refractivity contribution in [2.75, 3.05) is 5.32 Å². The van der Waals surface area contributed by atoms with E-state index in [0.717, 1.165) is 25.7 Å². The first-order valence-electron chi connectivity index (χ1n) is 11.0. The Labute approximate surface area is 193 Å². The van der Waals surface area contributed by atoms with Crippen LogP contribution in [-0.2, 0) is 4.79 Å². The summed E-state index contributed by atoms with van der Waals surface area (Å²) in [5, 5.41) is 21.8. The minimum absolute atomic E-state index is 0.183. The van der Waals surface area contributed by atoms with Crippen LogP contribution in [0.3, 0.4) is 0 Å². The average Bonchev–Trinajstić information content (AvgIpc) is 3.49. The quantitative estimate of drug-likeness (QED) is 0.389. The number of fused-ring (bicyclic) bond motifs is 4. The number of carbonyl (C=O) groups is 1. The van der Waals surface area contributed by atoms with E-state index in [1.165, 1.54) is 6.20 Å². The third-order valence-electron chi connectivity index (χ3n) is 6.92. The number of aliphatic carboxylic acids is 1. The van der Waals surface area contributed by atoms with E-state index in [0.29, 0.717) is 50.8 Å². The summed E-state index contributed by atoms with van der Waals surface area (Å²) in [6.45, 7) is 0. The van der Waals surface area contributed by atoms with Crippen LogP contribution in [0.15, 0.2) is 41.1 Å². The van der Waals surface area contributed by atoms with Crippen molar-refractivity contribution in [3.8, 4) is 23.0 Å². The van der Waals surface area contributed by atoms with E-state index < -0.39 is 11.9 Å². The molecule has 2 bridgehead atoms. The molecule has 7 rings (SSSR count). The summed E-state index contributed by atoms with van der Waals surface area (Å²) in [6, 6.07) is 6.99. The fraction of sp³-hybridized carbons (Fsp3) is 0.348. The van der Waals surface area contributed by atoms with Gasteiger partial charge in [-0.05, 0) is 55.7 Å². The molecule has 168 valence electrons. The number of rotatable bonds is 5. The van der Waals surface area contributed by atoms with Crippen molar-refractivity contribution >= 4 is 34.4 Å². The smallest absolute Gasteiger partial charge is 0.308 e. The Bertz CT molecular complexity index is 1330. The van der Waals surface area contributed by atoms with E-state index in [1.54, 1.807) is 24.5 Å². The van der Waals surface area contributed by atoms with Gasteiger partial charge in [-0.1, -0.05) is 11.6 Å². The zero-order valence-electron chi connectivity index (χ0n) is 17.5. The number of aromatic amines is 1. The minimum atomic E-state index is -0.747. The summed E-state index contributed by atoms with van der Waals surface area (Å²) in [5.74, 6) is 0.847. The lowest BCUT2D eigenvalue weighted by Crippen LogP contribution is -2.51. The van der Waals surface area contributed by atoms with Crippen LogP contribution in [0, 0.1) is 17.8 Å². The first-order valence-corrected chi connectivity index (χ1v) is 11.4. The summed E-state index contributed by atoms with van der Waals surface area (Å²) >= 11 is 6.16. The third-order valence-corrected chi connectivity index (χ3v) is 7.13. The van der Waals surface area contributed by atoms with Crippen molar-refractivity contribution in [2.45, 2.75) is 31.7 Å². The number of furan rings is 1. The number of carboxylic acid groups (broad SMARTS) is 1. The molecule has 0 saturated heterocycles. The second-order valence-electron chi connectivity index (χ2n) is 8.77. The number of H-pyrrole nitrogens is 1. The lowest BCUT2D eigenvalue weighted by molar-refractivity contribution is -0.148. The molecule has 4 aromatic heterocycles. The van der Waals surface area contributed by atoms with E-state index in [9.17, 15) is 9.90 Å². The molecule has 10 heteroatoms. The average molecular weight is 465 g/mol. The number of nitrogens with one attached hydrogen (secondary N) is 2. The molecule has 0 spiro atoms. The van der Waals surface area contributed by atoms with Gasteiger partial charge in [-0.25, -0.2) is 15.0 Å². The molecular formula is C23H21ClN6O3. The molecule has 3 aliphatic rings. The van der Waals surface area contributed by atoms with Gasteiger partial charge < -0.3 is 14.8 Å². The number of hydrogen-bond donors (Lipinski definition) is 3. The van der Waals surface area contributed by atoms with Crippen LogP contribution < -0.4 is 5.32 Å². The molecule has 4 aromatic rings. The fourth-order valence-electron chi connectivity index (χ4n) is 5.41. The largest absolute Gasteiger partial charge is 0.481 e. The topological polar surface area (TPSA) is 130 Å². The molecule has 3 saturated carbocycles. The predicted molar refractivity (Wildman–Crippen MR) is 122 cm³/mol.